The van der Waals surface area contributed by atoms with Crippen LogP contribution < -0.4 is 10.1 Å². The second kappa shape index (κ2) is 8.62. The molecule has 1 aliphatic carbocycles. The zero-order valence-electron chi connectivity index (χ0n) is 14.7. The van der Waals surface area contributed by atoms with Gasteiger partial charge < -0.3 is 14.8 Å². The molecule has 0 aliphatic heterocycles. The SMILES string of the molecule is COC(=O)c1cc(NC(=O)c2ccccc2OC2=CC=CC=CC2)ccn1. The Labute approximate surface area is 156 Å². The van der Waals surface area contributed by atoms with Crippen LogP contribution in [0.2, 0.25) is 0 Å². The summed E-state index contributed by atoms with van der Waals surface area (Å²) in [6, 6.07) is 10.0. The number of para-hydroxylation sites is 1. The van der Waals surface area contributed by atoms with Gasteiger partial charge in [-0.25, -0.2) is 9.78 Å². The van der Waals surface area contributed by atoms with E-state index >= 15 is 0 Å². The highest BCUT2D eigenvalue weighted by Crippen LogP contribution is 2.23. The van der Waals surface area contributed by atoms with Crippen LogP contribution in [0, 0.1) is 0 Å². The fourth-order valence-electron chi connectivity index (χ4n) is 2.44. The predicted octanol–water partition coefficient (Wildman–Crippen LogP) is 3.90. The van der Waals surface area contributed by atoms with Crippen molar-refractivity contribution in [2.75, 3.05) is 12.4 Å². The number of nitrogens with zero attached hydrogens (tertiary/aromatic N) is 1. The number of hydrogen-bond acceptors (Lipinski definition) is 5. The first-order valence-electron chi connectivity index (χ1n) is 8.32. The number of esters is 1. The molecule has 1 aromatic carbocycles. The minimum Gasteiger partial charge on any atom is -0.464 e. The van der Waals surface area contributed by atoms with Gasteiger partial charge in [0.05, 0.1) is 12.7 Å². The highest BCUT2D eigenvalue weighted by Gasteiger charge is 2.15. The lowest BCUT2D eigenvalue weighted by Crippen LogP contribution is -2.14. The minimum atomic E-state index is -0.573. The third-order valence-corrected chi connectivity index (χ3v) is 3.74. The smallest absolute Gasteiger partial charge is 0.356 e. The van der Waals surface area contributed by atoms with E-state index in [0.29, 0.717) is 23.4 Å². The first-order valence-corrected chi connectivity index (χ1v) is 8.32. The van der Waals surface area contributed by atoms with Gasteiger partial charge in [0.25, 0.3) is 5.91 Å². The molecule has 27 heavy (non-hydrogen) atoms. The van der Waals surface area contributed by atoms with Crippen molar-refractivity contribution in [1.29, 1.82) is 0 Å². The Morgan fingerprint density at radius 1 is 1.11 bits per heavy atom. The Kier molecular flexibility index (Phi) is 5.79. The Bertz CT molecular complexity index is 945. The topological polar surface area (TPSA) is 77.5 Å². The summed E-state index contributed by atoms with van der Waals surface area (Å²) in [5.74, 6) is 0.258. The lowest BCUT2D eigenvalue weighted by atomic mass is 10.1. The maximum absolute atomic E-state index is 12.7. The lowest BCUT2D eigenvalue weighted by Gasteiger charge is -2.13. The van der Waals surface area contributed by atoms with Crippen LogP contribution in [0.1, 0.15) is 27.3 Å². The molecule has 1 aliphatic rings. The molecule has 0 bridgehead atoms. The van der Waals surface area contributed by atoms with E-state index in [0.717, 1.165) is 5.76 Å². The van der Waals surface area contributed by atoms with Gasteiger partial charge in [-0.2, -0.15) is 0 Å². The summed E-state index contributed by atoms with van der Waals surface area (Å²) in [7, 11) is 1.27. The van der Waals surface area contributed by atoms with Gasteiger partial charge in [0, 0.05) is 18.3 Å². The van der Waals surface area contributed by atoms with E-state index in [2.05, 4.69) is 15.0 Å². The first-order chi connectivity index (χ1) is 13.2. The highest BCUT2D eigenvalue weighted by molar-refractivity contribution is 6.06. The third kappa shape index (κ3) is 4.70. The second-order valence-electron chi connectivity index (χ2n) is 5.62. The van der Waals surface area contributed by atoms with Gasteiger partial charge in [0.15, 0.2) is 0 Å². The van der Waals surface area contributed by atoms with Gasteiger partial charge in [-0.05, 0) is 30.3 Å². The van der Waals surface area contributed by atoms with Crippen LogP contribution in [-0.2, 0) is 4.74 Å². The second-order valence-corrected chi connectivity index (χ2v) is 5.62. The van der Waals surface area contributed by atoms with Gasteiger partial charge in [-0.1, -0.05) is 36.4 Å². The average Bonchev–Trinajstić information content (AvgIpc) is 2.96. The molecule has 0 spiro atoms. The van der Waals surface area contributed by atoms with Crippen LogP contribution in [0.25, 0.3) is 0 Å². The molecule has 1 aromatic heterocycles. The highest BCUT2D eigenvalue weighted by atomic mass is 16.5. The number of aromatic nitrogens is 1. The van der Waals surface area contributed by atoms with Gasteiger partial charge in [0.2, 0.25) is 0 Å². The largest absolute Gasteiger partial charge is 0.464 e. The van der Waals surface area contributed by atoms with E-state index in [4.69, 9.17) is 4.74 Å². The number of nitrogens with one attached hydrogen (secondary N) is 1. The molecular formula is C21H18N2O4. The molecule has 6 heteroatoms. The molecular weight excluding hydrogens is 344 g/mol. The number of rotatable bonds is 5. The number of hydrogen-bond donors (Lipinski definition) is 1. The first kappa shape index (κ1) is 18.1. The van der Waals surface area contributed by atoms with Crippen LogP contribution in [0.15, 0.2) is 78.7 Å². The monoisotopic (exact) mass is 362 g/mol. The summed E-state index contributed by atoms with van der Waals surface area (Å²) in [6.45, 7) is 0. The summed E-state index contributed by atoms with van der Waals surface area (Å²) in [4.78, 5) is 28.2. The maximum atomic E-state index is 12.7. The molecule has 0 saturated carbocycles. The molecule has 3 rings (SSSR count). The summed E-state index contributed by atoms with van der Waals surface area (Å²) in [5.41, 5.74) is 0.929. The number of carbonyl (C=O) groups is 2. The molecule has 136 valence electrons. The van der Waals surface area contributed by atoms with E-state index < -0.39 is 5.97 Å². The van der Waals surface area contributed by atoms with E-state index in [1.165, 1.54) is 19.4 Å². The molecule has 0 fully saturated rings. The van der Waals surface area contributed by atoms with Crippen LogP contribution in [-0.4, -0.2) is 24.0 Å². The zero-order chi connectivity index (χ0) is 19.1. The Morgan fingerprint density at radius 2 is 1.96 bits per heavy atom. The van der Waals surface area contributed by atoms with Crippen molar-refractivity contribution < 1.29 is 19.1 Å². The summed E-state index contributed by atoms with van der Waals surface area (Å²) in [5, 5.41) is 2.75. The molecule has 0 atom stereocenters. The predicted molar refractivity (Wildman–Crippen MR) is 102 cm³/mol. The van der Waals surface area contributed by atoms with Crippen LogP contribution in [0.5, 0.6) is 5.75 Å². The maximum Gasteiger partial charge on any atom is 0.356 e. The van der Waals surface area contributed by atoms with Crippen molar-refractivity contribution in [3.8, 4) is 5.75 Å². The Balaban J connectivity index is 1.79. The number of allylic oxidation sites excluding steroid dienone is 5. The van der Waals surface area contributed by atoms with Gasteiger partial charge >= 0.3 is 5.97 Å². The molecule has 1 heterocycles. The fraction of sp³-hybridized carbons (Fsp3) is 0.0952. The summed E-state index contributed by atoms with van der Waals surface area (Å²) < 4.78 is 10.6. The number of amides is 1. The molecule has 6 nitrogen and oxygen atoms in total. The van der Waals surface area contributed by atoms with Crippen molar-refractivity contribution in [2.45, 2.75) is 6.42 Å². The van der Waals surface area contributed by atoms with Crippen molar-refractivity contribution in [3.05, 3.63) is 90.0 Å². The molecule has 0 radical (unpaired) electrons. The van der Waals surface area contributed by atoms with Crippen molar-refractivity contribution >= 4 is 17.6 Å². The molecule has 0 unspecified atom stereocenters. The van der Waals surface area contributed by atoms with Crippen molar-refractivity contribution in [1.82, 2.24) is 4.98 Å². The minimum absolute atomic E-state index is 0.113. The molecule has 0 saturated heterocycles. The average molecular weight is 362 g/mol. The number of benzene rings is 1. The fourth-order valence-corrected chi connectivity index (χ4v) is 2.44. The normalized spacial score (nSPS) is 12.7. The Morgan fingerprint density at radius 3 is 2.81 bits per heavy atom. The zero-order valence-corrected chi connectivity index (χ0v) is 14.7. The number of methoxy groups -OCH3 is 1. The number of ether oxygens (including phenoxy) is 2. The van der Waals surface area contributed by atoms with Gasteiger partial charge in [-0.3, -0.25) is 4.79 Å². The van der Waals surface area contributed by atoms with E-state index in [9.17, 15) is 9.59 Å². The number of pyridine rings is 1. The van der Waals surface area contributed by atoms with E-state index in [-0.39, 0.29) is 11.6 Å². The molecule has 1 N–H and O–H groups in total. The molecule has 2 aromatic rings. The third-order valence-electron chi connectivity index (χ3n) is 3.74. The molecule has 1 amide bonds. The van der Waals surface area contributed by atoms with Crippen LogP contribution in [0.3, 0.4) is 0 Å². The van der Waals surface area contributed by atoms with Crippen LogP contribution >= 0.6 is 0 Å². The van der Waals surface area contributed by atoms with Gasteiger partial charge in [-0.15, -0.1) is 0 Å². The van der Waals surface area contributed by atoms with Gasteiger partial charge in [0.1, 0.15) is 17.2 Å². The quantitative estimate of drug-likeness (QED) is 0.816. The number of anilines is 1. The van der Waals surface area contributed by atoms with Crippen molar-refractivity contribution in [2.24, 2.45) is 0 Å². The number of carbonyl (C=O) groups excluding carboxylic acids is 2. The van der Waals surface area contributed by atoms with Crippen LogP contribution in [0.4, 0.5) is 5.69 Å². The van der Waals surface area contributed by atoms with E-state index in [1.54, 1.807) is 30.3 Å². The summed E-state index contributed by atoms with van der Waals surface area (Å²) >= 11 is 0. The summed E-state index contributed by atoms with van der Waals surface area (Å²) in [6.07, 6.45) is 11.6. The Hall–Kier alpha value is -3.67. The lowest BCUT2D eigenvalue weighted by molar-refractivity contribution is 0.0594. The standard InChI is InChI=1S/C21H18N2O4/c1-26-21(25)18-14-15(12-13-22-18)23-20(24)17-10-6-7-11-19(17)27-16-8-4-2-3-5-9-16/h2-8,10-14H,9H2,1H3,(H,22,23,24). The van der Waals surface area contributed by atoms with E-state index in [1.807, 2.05) is 30.4 Å². The van der Waals surface area contributed by atoms with Crippen molar-refractivity contribution in [3.63, 3.8) is 0 Å².